The third-order valence-corrected chi connectivity index (χ3v) is 2.91. The zero-order valence-corrected chi connectivity index (χ0v) is 8.26. The molecule has 1 aliphatic rings. The van der Waals surface area contributed by atoms with E-state index in [1.165, 1.54) is 0 Å². The van der Waals surface area contributed by atoms with Crippen LogP contribution in [-0.2, 0) is 4.79 Å². The first-order chi connectivity index (χ1) is 6.10. The van der Waals surface area contributed by atoms with E-state index < -0.39 is 11.4 Å². The Labute approximate surface area is 79.3 Å². The van der Waals surface area contributed by atoms with Crippen molar-refractivity contribution in [3.63, 3.8) is 0 Å². The quantitative estimate of drug-likeness (QED) is 0.662. The van der Waals surface area contributed by atoms with E-state index in [1.54, 1.807) is 6.92 Å². The fourth-order valence-corrected chi connectivity index (χ4v) is 2.08. The zero-order chi connectivity index (χ0) is 9.90. The molecule has 0 heterocycles. The van der Waals surface area contributed by atoms with Crippen LogP contribution in [0.25, 0.3) is 0 Å². The van der Waals surface area contributed by atoms with Crippen molar-refractivity contribution in [2.45, 2.75) is 39.5 Å². The van der Waals surface area contributed by atoms with Gasteiger partial charge in [-0.3, -0.25) is 4.79 Å². The maximum atomic E-state index is 11.1. The number of aliphatic carboxylic acids is 1. The second-order valence-corrected chi connectivity index (χ2v) is 4.04. The molecule has 0 aromatic rings. The van der Waals surface area contributed by atoms with Gasteiger partial charge in [0.2, 0.25) is 0 Å². The second kappa shape index (κ2) is 3.83. The minimum Gasteiger partial charge on any atom is -0.481 e. The molecule has 2 unspecified atom stereocenters. The average Bonchev–Trinajstić information content (AvgIpc) is 2.45. The molecule has 0 amide bonds. The molecule has 0 saturated heterocycles. The minimum absolute atomic E-state index is 0.517. The van der Waals surface area contributed by atoms with Crippen molar-refractivity contribution >= 4 is 5.97 Å². The highest BCUT2D eigenvalue weighted by Crippen LogP contribution is 2.44. The van der Waals surface area contributed by atoms with Crippen LogP contribution in [0.1, 0.15) is 39.5 Å². The van der Waals surface area contributed by atoms with Crippen LogP contribution in [0.15, 0.2) is 0 Å². The minimum atomic E-state index is -0.667. The highest BCUT2D eigenvalue weighted by molar-refractivity contribution is 5.75. The molecule has 1 saturated carbocycles. The summed E-state index contributed by atoms with van der Waals surface area (Å²) >= 11 is 0. The van der Waals surface area contributed by atoms with Gasteiger partial charge in [-0.05, 0) is 32.1 Å². The largest absolute Gasteiger partial charge is 0.481 e. The van der Waals surface area contributed by atoms with Gasteiger partial charge in [-0.25, -0.2) is 0 Å². The number of carboxylic acids is 1. The van der Waals surface area contributed by atoms with Crippen molar-refractivity contribution in [3.8, 4) is 11.8 Å². The van der Waals surface area contributed by atoms with Crippen molar-refractivity contribution in [1.29, 1.82) is 0 Å². The summed E-state index contributed by atoms with van der Waals surface area (Å²) in [5.74, 6) is 5.55. The van der Waals surface area contributed by atoms with Gasteiger partial charge in [-0.1, -0.05) is 6.92 Å². The summed E-state index contributed by atoms with van der Waals surface area (Å²) in [6.45, 7) is 3.87. The van der Waals surface area contributed by atoms with Gasteiger partial charge in [0.1, 0.15) is 0 Å². The summed E-state index contributed by atoms with van der Waals surface area (Å²) in [4.78, 5) is 11.1. The van der Waals surface area contributed by atoms with E-state index in [-0.39, 0.29) is 0 Å². The van der Waals surface area contributed by atoms with E-state index in [9.17, 15) is 4.79 Å². The average molecular weight is 180 g/mol. The van der Waals surface area contributed by atoms with E-state index >= 15 is 0 Å². The van der Waals surface area contributed by atoms with Gasteiger partial charge in [0.05, 0.1) is 5.41 Å². The van der Waals surface area contributed by atoms with Gasteiger partial charge in [-0.15, -0.1) is 11.8 Å². The molecular weight excluding hydrogens is 164 g/mol. The Balaban J connectivity index is 2.75. The first kappa shape index (κ1) is 10.1. The standard InChI is InChI=1S/C11H16O2/c1-3-4-6-11(10(12)13)7-5-9(2)8-11/h9H,5-8H2,1-2H3,(H,12,13). The molecule has 0 spiro atoms. The summed E-state index contributed by atoms with van der Waals surface area (Å²) in [5, 5.41) is 9.14. The Bertz CT molecular complexity index is 259. The van der Waals surface area contributed by atoms with E-state index in [2.05, 4.69) is 18.8 Å². The van der Waals surface area contributed by atoms with Crippen molar-refractivity contribution in [3.05, 3.63) is 0 Å². The molecule has 1 fully saturated rings. The maximum absolute atomic E-state index is 11.1. The lowest BCUT2D eigenvalue weighted by molar-refractivity contribution is -0.148. The van der Waals surface area contributed by atoms with Crippen LogP contribution in [0.2, 0.25) is 0 Å². The van der Waals surface area contributed by atoms with Gasteiger partial charge < -0.3 is 5.11 Å². The Hall–Kier alpha value is -0.970. The number of hydrogen-bond donors (Lipinski definition) is 1. The van der Waals surface area contributed by atoms with Crippen LogP contribution >= 0.6 is 0 Å². The van der Waals surface area contributed by atoms with Crippen LogP contribution in [0.3, 0.4) is 0 Å². The molecule has 0 aliphatic heterocycles. The molecule has 1 rings (SSSR count). The topological polar surface area (TPSA) is 37.3 Å². The molecule has 0 radical (unpaired) electrons. The van der Waals surface area contributed by atoms with Crippen molar-refractivity contribution in [2.24, 2.45) is 11.3 Å². The van der Waals surface area contributed by atoms with Gasteiger partial charge in [-0.2, -0.15) is 0 Å². The predicted octanol–water partition coefficient (Wildman–Crippen LogP) is 2.29. The third kappa shape index (κ3) is 2.03. The molecule has 2 nitrogen and oxygen atoms in total. The van der Waals surface area contributed by atoms with Crippen LogP contribution < -0.4 is 0 Å². The Morgan fingerprint density at radius 2 is 2.38 bits per heavy atom. The molecule has 0 aromatic carbocycles. The SMILES string of the molecule is CC#CCC1(C(=O)O)CCC(C)C1. The first-order valence-electron chi connectivity index (χ1n) is 4.74. The lowest BCUT2D eigenvalue weighted by Crippen LogP contribution is -2.27. The number of hydrogen-bond acceptors (Lipinski definition) is 1. The van der Waals surface area contributed by atoms with Gasteiger partial charge in [0.15, 0.2) is 0 Å². The van der Waals surface area contributed by atoms with Gasteiger partial charge >= 0.3 is 5.97 Å². The highest BCUT2D eigenvalue weighted by atomic mass is 16.4. The number of carbonyl (C=O) groups is 1. The van der Waals surface area contributed by atoms with Gasteiger partial charge in [0.25, 0.3) is 0 Å². The second-order valence-electron chi connectivity index (χ2n) is 4.04. The molecular formula is C11H16O2. The lowest BCUT2D eigenvalue weighted by Gasteiger charge is -2.20. The van der Waals surface area contributed by atoms with E-state index in [4.69, 9.17) is 5.11 Å². The van der Waals surface area contributed by atoms with Crippen molar-refractivity contribution in [1.82, 2.24) is 0 Å². The maximum Gasteiger partial charge on any atom is 0.310 e. The smallest absolute Gasteiger partial charge is 0.310 e. The molecule has 1 aliphatic carbocycles. The highest BCUT2D eigenvalue weighted by Gasteiger charge is 2.43. The Morgan fingerprint density at radius 1 is 1.69 bits per heavy atom. The normalized spacial score (nSPS) is 32.3. The Morgan fingerprint density at radius 3 is 2.77 bits per heavy atom. The third-order valence-electron chi connectivity index (χ3n) is 2.91. The van der Waals surface area contributed by atoms with Crippen LogP contribution in [0, 0.1) is 23.2 Å². The summed E-state index contributed by atoms with van der Waals surface area (Å²) in [6, 6.07) is 0. The first-order valence-corrected chi connectivity index (χ1v) is 4.74. The fourth-order valence-electron chi connectivity index (χ4n) is 2.08. The molecule has 72 valence electrons. The van der Waals surface area contributed by atoms with Crippen LogP contribution in [0.4, 0.5) is 0 Å². The lowest BCUT2D eigenvalue weighted by atomic mass is 9.82. The predicted molar refractivity (Wildman–Crippen MR) is 51.2 cm³/mol. The molecule has 2 atom stereocenters. The van der Waals surface area contributed by atoms with E-state index in [1.807, 2.05) is 0 Å². The summed E-state index contributed by atoms with van der Waals surface area (Å²) < 4.78 is 0. The molecule has 2 heteroatoms. The molecule has 13 heavy (non-hydrogen) atoms. The van der Waals surface area contributed by atoms with Crippen molar-refractivity contribution in [2.75, 3.05) is 0 Å². The summed E-state index contributed by atoms with van der Waals surface area (Å²) in [7, 11) is 0. The molecule has 0 bridgehead atoms. The zero-order valence-electron chi connectivity index (χ0n) is 8.26. The molecule has 1 N–H and O–H groups in total. The van der Waals surface area contributed by atoms with E-state index in [0.717, 1.165) is 19.3 Å². The summed E-state index contributed by atoms with van der Waals surface area (Å²) in [6.07, 6.45) is 3.12. The number of rotatable bonds is 2. The fraction of sp³-hybridized carbons (Fsp3) is 0.727. The monoisotopic (exact) mass is 180 g/mol. The number of carboxylic acid groups (broad SMARTS) is 1. The van der Waals surface area contributed by atoms with Gasteiger partial charge in [0, 0.05) is 6.42 Å². The summed E-state index contributed by atoms with van der Waals surface area (Å²) in [5.41, 5.74) is -0.539. The van der Waals surface area contributed by atoms with E-state index in [0.29, 0.717) is 12.3 Å². The van der Waals surface area contributed by atoms with Crippen LogP contribution in [0.5, 0.6) is 0 Å². The van der Waals surface area contributed by atoms with Crippen molar-refractivity contribution < 1.29 is 9.90 Å². The molecule has 0 aromatic heterocycles. The Kier molecular flexibility index (Phi) is 2.98. The van der Waals surface area contributed by atoms with Crippen LogP contribution in [-0.4, -0.2) is 11.1 Å².